The number of methoxy groups -OCH3 is 1. The summed E-state index contributed by atoms with van der Waals surface area (Å²) in [6.07, 6.45) is 3.28. The summed E-state index contributed by atoms with van der Waals surface area (Å²) in [5.41, 5.74) is 5.18. The fraction of sp³-hybridized carbons (Fsp3) is 0.818. The van der Waals surface area contributed by atoms with Gasteiger partial charge in [0.2, 0.25) is 5.91 Å². The quantitative estimate of drug-likeness (QED) is 0.319. The molecular formula is C11H21N3O3. The molecule has 0 saturated heterocycles. The fourth-order valence-electron chi connectivity index (χ4n) is 1.92. The minimum atomic E-state index is -0.415. The summed E-state index contributed by atoms with van der Waals surface area (Å²) in [4.78, 5) is 13.5. The molecule has 0 radical (unpaired) electrons. The van der Waals surface area contributed by atoms with Crippen molar-refractivity contribution in [1.82, 2.24) is 4.90 Å². The highest BCUT2D eigenvalue weighted by Crippen LogP contribution is 2.38. The number of amides is 1. The van der Waals surface area contributed by atoms with Crippen LogP contribution in [0.25, 0.3) is 0 Å². The van der Waals surface area contributed by atoms with E-state index in [1.165, 1.54) is 4.90 Å². The largest absolute Gasteiger partial charge is 0.409 e. The van der Waals surface area contributed by atoms with Crippen LogP contribution in [0.3, 0.4) is 0 Å². The van der Waals surface area contributed by atoms with E-state index in [2.05, 4.69) is 5.16 Å². The topological polar surface area (TPSA) is 88.2 Å². The fourth-order valence-corrected chi connectivity index (χ4v) is 1.92. The molecule has 3 N–H and O–H groups in total. The van der Waals surface area contributed by atoms with Gasteiger partial charge in [-0.1, -0.05) is 5.16 Å². The van der Waals surface area contributed by atoms with Crippen LogP contribution < -0.4 is 5.73 Å². The molecule has 0 aromatic heterocycles. The molecule has 0 heterocycles. The number of amidine groups is 1. The van der Waals surface area contributed by atoms with Crippen molar-refractivity contribution >= 4 is 11.7 Å². The number of ether oxygens (including phenoxy) is 1. The lowest BCUT2D eigenvalue weighted by molar-refractivity contribution is -0.143. The number of carbonyl (C=O) groups is 1. The molecule has 1 atom stereocenters. The molecule has 0 spiro atoms. The van der Waals surface area contributed by atoms with Crippen molar-refractivity contribution in [3.63, 3.8) is 0 Å². The molecule has 98 valence electrons. The van der Waals surface area contributed by atoms with E-state index in [-0.39, 0.29) is 17.3 Å². The highest BCUT2D eigenvalue weighted by molar-refractivity contribution is 5.89. The van der Waals surface area contributed by atoms with Crippen molar-refractivity contribution in [2.45, 2.75) is 44.2 Å². The Morgan fingerprint density at radius 3 is 2.59 bits per heavy atom. The number of nitrogens with zero attached hydrogens (tertiary/aromatic N) is 2. The van der Waals surface area contributed by atoms with Gasteiger partial charge in [-0.3, -0.25) is 4.79 Å². The van der Waals surface area contributed by atoms with Crippen LogP contribution >= 0.6 is 0 Å². The maximum atomic E-state index is 12.0. The van der Waals surface area contributed by atoms with Crippen molar-refractivity contribution < 1.29 is 14.7 Å². The minimum absolute atomic E-state index is 0.0286. The van der Waals surface area contributed by atoms with E-state index < -0.39 is 6.04 Å². The standard InChI is InChI=1S/C11H21N3O3/c1-8(10(12)13-16)14(2)9(15)7-11(17-3)5-4-6-11/h8,16H,4-7H2,1-3H3,(H2,12,13). The van der Waals surface area contributed by atoms with E-state index in [4.69, 9.17) is 15.7 Å². The molecule has 0 aromatic rings. The third-order valence-corrected chi connectivity index (χ3v) is 3.69. The third kappa shape index (κ3) is 2.88. The highest BCUT2D eigenvalue weighted by Gasteiger charge is 2.40. The molecule has 1 saturated carbocycles. The van der Waals surface area contributed by atoms with Gasteiger partial charge in [0.1, 0.15) is 0 Å². The lowest BCUT2D eigenvalue weighted by Crippen LogP contribution is -2.49. The number of carbonyl (C=O) groups excluding carboxylic acids is 1. The number of likely N-dealkylation sites (N-methyl/N-ethyl adjacent to an activating group) is 1. The predicted octanol–water partition coefficient (Wildman–Crippen LogP) is 0.539. The van der Waals surface area contributed by atoms with E-state index in [0.717, 1.165) is 19.3 Å². The van der Waals surface area contributed by atoms with E-state index in [0.29, 0.717) is 6.42 Å². The van der Waals surface area contributed by atoms with E-state index in [9.17, 15) is 4.79 Å². The first kappa shape index (κ1) is 13.8. The summed E-state index contributed by atoms with van der Waals surface area (Å²) in [6, 6.07) is -0.415. The maximum Gasteiger partial charge on any atom is 0.225 e. The van der Waals surface area contributed by atoms with Crippen LogP contribution in [0.15, 0.2) is 5.16 Å². The van der Waals surface area contributed by atoms with E-state index >= 15 is 0 Å². The maximum absolute atomic E-state index is 12.0. The summed E-state index contributed by atoms with van der Waals surface area (Å²) >= 11 is 0. The molecule has 1 unspecified atom stereocenters. The van der Waals surface area contributed by atoms with Crippen LogP contribution in [0, 0.1) is 0 Å². The van der Waals surface area contributed by atoms with Crippen LogP contribution in [0.1, 0.15) is 32.6 Å². The van der Waals surface area contributed by atoms with Gasteiger partial charge in [-0.25, -0.2) is 0 Å². The second kappa shape index (κ2) is 5.35. The Morgan fingerprint density at radius 2 is 2.24 bits per heavy atom. The zero-order chi connectivity index (χ0) is 13.1. The van der Waals surface area contributed by atoms with Gasteiger partial charge in [-0.15, -0.1) is 0 Å². The average molecular weight is 243 g/mol. The smallest absolute Gasteiger partial charge is 0.225 e. The minimum Gasteiger partial charge on any atom is -0.409 e. The SMILES string of the molecule is COC1(CC(=O)N(C)C(C)C(N)=NO)CCC1. The van der Waals surface area contributed by atoms with Gasteiger partial charge in [0.15, 0.2) is 5.84 Å². The highest BCUT2D eigenvalue weighted by atomic mass is 16.5. The summed E-state index contributed by atoms with van der Waals surface area (Å²) < 4.78 is 5.40. The Hall–Kier alpha value is -1.30. The predicted molar refractivity (Wildman–Crippen MR) is 63.8 cm³/mol. The van der Waals surface area contributed by atoms with Crippen LogP contribution in [-0.4, -0.2) is 47.7 Å². The number of hydrogen-bond donors (Lipinski definition) is 2. The van der Waals surface area contributed by atoms with Crippen molar-refractivity contribution in [3.8, 4) is 0 Å². The van der Waals surface area contributed by atoms with Gasteiger partial charge in [-0.2, -0.15) is 0 Å². The number of rotatable bonds is 5. The molecule has 1 aliphatic rings. The Balaban J connectivity index is 2.58. The van der Waals surface area contributed by atoms with Gasteiger partial charge < -0.3 is 20.6 Å². The molecule has 0 bridgehead atoms. The molecule has 1 rings (SSSR count). The Kier molecular flexibility index (Phi) is 4.34. The van der Waals surface area contributed by atoms with Gasteiger partial charge >= 0.3 is 0 Å². The zero-order valence-electron chi connectivity index (χ0n) is 10.6. The Labute approximate surface area is 101 Å². The van der Waals surface area contributed by atoms with Crippen LogP contribution in [-0.2, 0) is 9.53 Å². The molecule has 1 amide bonds. The van der Waals surface area contributed by atoms with Crippen LogP contribution in [0.2, 0.25) is 0 Å². The Morgan fingerprint density at radius 1 is 1.65 bits per heavy atom. The first-order valence-electron chi connectivity index (χ1n) is 5.74. The monoisotopic (exact) mass is 243 g/mol. The zero-order valence-corrected chi connectivity index (χ0v) is 10.6. The molecule has 6 heteroatoms. The average Bonchev–Trinajstić information content (AvgIpc) is 2.30. The lowest BCUT2D eigenvalue weighted by atomic mass is 9.77. The first-order chi connectivity index (χ1) is 7.95. The second-order valence-electron chi connectivity index (χ2n) is 4.62. The van der Waals surface area contributed by atoms with Crippen molar-refractivity contribution in [3.05, 3.63) is 0 Å². The molecule has 0 aliphatic heterocycles. The molecule has 17 heavy (non-hydrogen) atoms. The summed E-state index contributed by atoms with van der Waals surface area (Å²) in [5, 5.41) is 11.5. The summed E-state index contributed by atoms with van der Waals surface area (Å²) in [5.74, 6) is -0.0217. The van der Waals surface area contributed by atoms with E-state index in [1.807, 2.05) is 0 Å². The molecular weight excluding hydrogens is 222 g/mol. The van der Waals surface area contributed by atoms with E-state index in [1.54, 1.807) is 21.1 Å². The number of hydrogen-bond acceptors (Lipinski definition) is 4. The normalized spacial score (nSPS) is 20.5. The summed E-state index contributed by atoms with van der Waals surface area (Å²) in [7, 11) is 3.28. The lowest BCUT2D eigenvalue weighted by Gasteiger charge is -2.41. The molecule has 1 fully saturated rings. The number of nitrogens with two attached hydrogens (primary N) is 1. The van der Waals surface area contributed by atoms with Gasteiger partial charge in [-0.05, 0) is 26.2 Å². The molecule has 0 aromatic carbocycles. The van der Waals surface area contributed by atoms with Crippen molar-refractivity contribution in [2.75, 3.05) is 14.2 Å². The van der Waals surface area contributed by atoms with Gasteiger partial charge in [0, 0.05) is 14.2 Å². The van der Waals surface area contributed by atoms with Crippen LogP contribution in [0.5, 0.6) is 0 Å². The summed E-state index contributed by atoms with van der Waals surface area (Å²) in [6.45, 7) is 1.72. The Bertz CT molecular complexity index is 308. The van der Waals surface area contributed by atoms with Gasteiger partial charge in [0.05, 0.1) is 18.1 Å². The van der Waals surface area contributed by atoms with Crippen molar-refractivity contribution in [2.24, 2.45) is 10.9 Å². The second-order valence-corrected chi connectivity index (χ2v) is 4.62. The molecule has 1 aliphatic carbocycles. The number of oxime groups is 1. The third-order valence-electron chi connectivity index (χ3n) is 3.69. The molecule has 6 nitrogen and oxygen atoms in total. The first-order valence-corrected chi connectivity index (χ1v) is 5.74. The van der Waals surface area contributed by atoms with Gasteiger partial charge in [0.25, 0.3) is 0 Å². The van der Waals surface area contributed by atoms with Crippen LogP contribution in [0.4, 0.5) is 0 Å². The van der Waals surface area contributed by atoms with Crippen molar-refractivity contribution in [1.29, 1.82) is 0 Å².